The predicted molar refractivity (Wildman–Crippen MR) is 121 cm³/mol. The van der Waals surface area contributed by atoms with E-state index >= 15 is 0 Å². The van der Waals surface area contributed by atoms with E-state index in [1.54, 1.807) is 0 Å². The van der Waals surface area contributed by atoms with E-state index in [1.807, 2.05) is 0 Å². The summed E-state index contributed by atoms with van der Waals surface area (Å²) in [6.45, 7) is 4.48. The van der Waals surface area contributed by atoms with Crippen LogP contribution in [0, 0.1) is 11.8 Å². The molecule has 0 aromatic carbocycles. The first-order valence-electron chi connectivity index (χ1n) is 10.4. The molecule has 1 atom stereocenters. The van der Waals surface area contributed by atoms with Crippen LogP contribution in [0.15, 0.2) is 4.99 Å². The van der Waals surface area contributed by atoms with Crippen molar-refractivity contribution in [3.05, 3.63) is 0 Å². The van der Waals surface area contributed by atoms with Gasteiger partial charge in [0.05, 0.1) is 11.5 Å². The minimum Gasteiger partial charge on any atom is -0.381 e. The first-order chi connectivity index (χ1) is 12.5. The number of nitrogens with one attached hydrogen (secondary N) is 2. The van der Waals surface area contributed by atoms with Gasteiger partial charge in [-0.2, -0.15) is 0 Å². The summed E-state index contributed by atoms with van der Waals surface area (Å²) in [6.07, 6.45) is 9.01. The smallest absolute Gasteiger partial charge is 0.191 e. The summed E-state index contributed by atoms with van der Waals surface area (Å²) in [6, 6.07) is 0.880. The van der Waals surface area contributed by atoms with Crippen LogP contribution in [-0.4, -0.2) is 57.7 Å². The van der Waals surface area contributed by atoms with E-state index in [0.717, 1.165) is 44.4 Å². The van der Waals surface area contributed by atoms with Gasteiger partial charge in [0.15, 0.2) is 15.8 Å². The zero-order chi connectivity index (χ0) is 18.4. The number of hydrogen-bond donors (Lipinski definition) is 2. The molecular formula is C19H36IN3O3S. The van der Waals surface area contributed by atoms with Crippen LogP contribution in [0.25, 0.3) is 0 Å². The fourth-order valence-electron chi connectivity index (χ4n) is 4.31. The summed E-state index contributed by atoms with van der Waals surface area (Å²) in [5.74, 6) is 2.54. The number of halogens is 1. The Labute approximate surface area is 181 Å². The summed E-state index contributed by atoms with van der Waals surface area (Å²) in [4.78, 5) is 4.79. The molecule has 3 rings (SSSR count). The third-order valence-corrected chi connectivity index (χ3v) is 8.00. The molecule has 0 radical (unpaired) electrons. The Morgan fingerprint density at radius 1 is 0.963 bits per heavy atom. The molecule has 0 bridgehead atoms. The molecule has 0 aromatic rings. The summed E-state index contributed by atoms with van der Waals surface area (Å²) in [7, 11) is -2.83. The van der Waals surface area contributed by atoms with E-state index in [-0.39, 0.29) is 29.9 Å². The summed E-state index contributed by atoms with van der Waals surface area (Å²) >= 11 is 0. The van der Waals surface area contributed by atoms with Crippen LogP contribution in [0.4, 0.5) is 0 Å². The Balaban J connectivity index is 0.00000261. The van der Waals surface area contributed by atoms with Crippen LogP contribution in [0.3, 0.4) is 0 Å². The lowest BCUT2D eigenvalue weighted by molar-refractivity contribution is 0.0821. The van der Waals surface area contributed by atoms with Crippen molar-refractivity contribution >= 4 is 39.8 Å². The van der Waals surface area contributed by atoms with Crippen LogP contribution in [-0.2, 0) is 14.6 Å². The average Bonchev–Trinajstić information content (AvgIpc) is 3.00. The summed E-state index contributed by atoms with van der Waals surface area (Å²) < 4.78 is 28.8. The summed E-state index contributed by atoms with van der Waals surface area (Å²) in [5.41, 5.74) is 0. The number of hydrogen-bond acceptors (Lipinski definition) is 4. The van der Waals surface area contributed by atoms with E-state index in [1.165, 1.54) is 32.1 Å². The lowest BCUT2D eigenvalue weighted by atomic mass is 9.84. The van der Waals surface area contributed by atoms with E-state index in [4.69, 9.17) is 9.73 Å². The molecule has 0 amide bonds. The van der Waals surface area contributed by atoms with Gasteiger partial charge in [-0.3, -0.25) is 4.99 Å². The first-order valence-corrected chi connectivity index (χ1v) is 12.2. The van der Waals surface area contributed by atoms with Gasteiger partial charge in [-0.05, 0) is 56.8 Å². The van der Waals surface area contributed by atoms with E-state index in [0.29, 0.717) is 30.1 Å². The second-order valence-electron chi connectivity index (χ2n) is 8.26. The van der Waals surface area contributed by atoms with Gasteiger partial charge in [-0.15, -0.1) is 24.0 Å². The second kappa shape index (κ2) is 11.2. The van der Waals surface area contributed by atoms with Crippen molar-refractivity contribution in [3.8, 4) is 0 Å². The monoisotopic (exact) mass is 513 g/mol. The Morgan fingerprint density at radius 3 is 2.15 bits per heavy atom. The van der Waals surface area contributed by atoms with Crippen LogP contribution >= 0.6 is 24.0 Å². The number of nitrogens with zero attached hydrogens (tertiary/aromatic N) is 1. The molecule has 3 aliphatic rings. The lowest BCUT2D eigenvalue weighted by Crippen LogP contribution is -2.50. The number of ether oxygens (including phenoxy) is 1. The van der Waals surface area contributed by atoms with Crippen molar-refractivity contribution < 1.29 is 13.2 Å². The van der Waals surface area contributed by atoms with Crippen molar-refractivity contribution in [1.82, 2.24) is 10.6 Å². The third kappa shape index (κ3) is 7.68. The lowest BCUT2D eigenvalue weighted by Gasteiger charge is -2.31. The van der Waals surface area contributed by atoms with Gasteiger partial charge in [0.1, 0.15) is 0 Å². The van der Waals surface area contributed by atoms with Gasteiger partial charge in [0.2, 0.25) is 0 Å². The topological polar surface area (TPSA) is 79.8 Å². The highest BCUT2D eigenvalue weighted by Crippen LogP contribution is 2.26. The molecule has 2 heterocycles. The highest BCUT2D eigenvalue weighted by atomic mass is 127. The fraction of sp³-hybridized carbons (Fsp3) is 0.947. The van der Waals surface area contributed by atoms with E-state index in [2.05, 4.69) is 17.6 Å². The van der Waals surface area contributed by atoms with E-state index in [9.17, 15) is 8.42 Å². The van der Waals surface area contributed by atoms with Crippen molar-refractivity contribution in [2.75, 3.05) is 31.3 Å². The maximum atomic E-state index is 11.7. The van der Waals surface area contributed by atoms with Crippen molar-refractivity contribution in [2.45, 2.75) is 70.4 Å². The van der Waals surface area contributed by atoms with Crippen LogP contribution in [0.2, 0.25) is 0 Å². The normalized spacial score (nSPS) is 31.9. The third-order valence-electron chi connectivity index (χ3n) is 6.16. The number of rotatable bonds is 5. The molecule has 8 heteroatoms. The van der Waals surface area contributed by atoms with Gasteiger partial charge < -0.3 is 15.4 Å². The van der Waals surface area contributed by atoms with Gasteiger partial charge in [-0.25, -0.2) is 8.42 Å². The molecule has 2 saturated heterocycles. The highest BCUT2D eigenvalue weighted by molar-refractivity contribution is 14.0. The van der Waals surface area contributed by atoms with E-state index < -0.39 is 9.84 Å². The number of aliphatic imine (C=N–C) groups is 1. The Bertz CT molecular complexity index is 571. The Morgan fingerprint density at radius 2 is 1.59 bits per heavy atom. The molecule has 1 unspecified atom stereocenters. The molecule has 0 spiro atoms. The zero-order valence-electron chi connectivity index (χ0n) is 16.5. The fourth-order valence-corrected chi connectivity index (χ4v) is 6.16. The molecule has 0 aromatic heterocycles. The first kappa shape index (κ1) is 23.2. The molecule has 3 fully saturated rings. The Kier molecular flexibility index (Phi) is 9.61. The van der Waals surface area contributed by atoms with Crippen LogP contribution < -0.4 is 10.6 Å². The van der Waals surface area contributed by atoms with Gasteiger partial charge in [0, 0.05) is 31.8 Å². The molecule has 27 heavy (non-hydrogen) atoms. The second-order valence-corrected chi connectivity index (χ2v) is 10.5. The maximum absolute atomic E-state index is 11.7. The molecular weight excluding hydrogens is 477 g/mol. The maximum Gasteiger partial charge on any atom is 0.191 e. The zero-order valence-corrected chi connectivity index (χ0v) is 19.6. The van der Waals surface area contributed by atoms with Crippen molar-refractivity contribution in [3.63, 3.8) is 0 Å². The van der Waals surface area contributed by atoms with Gasteiger partial charge in [0.25, 0.3) is 0 Å². The van der Waals surface area contributed by atoms with Gasteiger partial charge >= 0.3 is 0 Å². The molecule has 6 nitrogen and oxygen atoms in total. The van der Waals surface area contributed by atoms with Crippen molar-refractivity contribution in [1.29, 1.82) is 0 Å². The number of sulfone groups is 1. The largest absolute Gasteiger partial charge is 0.381 e. The highest BCUT2D eigenvalue weighted by Gasteiger charge is 2.28. The molecule has 2 N–H and O–H groups in total. The van der Waals surface area contributed by atoms with Crippen molar-refractivity contribution in [2.24, 2.45) is 16.8 Å². The SMILES string of the molecule is CCC1CCC(NC(=NCC2CCS(=O)(=O)C2)NC2CCOCC2)CC1.I. The molecule has 2 aliphatic heterocycles. The average molecular weight is 513 g/mol. The quantitative estimate of drug-likeness (QED) is 0.336. The molecule has 1 saturated carbocycles. The predicted octanol–water partition coefficient (Wildman–Crippen LogP) is 2.72. The minimum absolute atomic E-state index is 0. The van der Waals surface area contributed by atoms with Gasteiger partial charge in [-0.1, -0.05) is 13.3 Å². The minimum atomic E-state index is -2.83. The Hall–Kier alpha value is -0.0900. The standard InChI is InChI=1S/C19H35N3O3S.HI/c1-2-15-3-5-17(6-4-15)21-19(22-18-7-10-25-11-8-18)20-13-16-9-12-26(23,24)14-16;/h15-18H,2-14H2,1H3,(H2,20,21,22);1H. The van der Waals surface area contributed by atoms with Crippen LogP contribution in [0.5, 0.6) is 0 Å². The molecule has 1 aliphatic carbocycles. The molecule has 158 valence electrons. The number of guanidine groups is 1. The summed E-state index contributed by atoms with van der Waals surface area (Å²) in [5, 5.41) is 7.22. The van der Waals surface area contributed by atoms with Crippen LogP contribution in [0.1, 0.15) is 58.3 Å².